The van der Waals surface area contributed by atoms with Gasteiger partial charge in [-0.05, 0) is 43.7 Å². The third-order valence-electron chi connectivity index (χ3n) is 3.95. The van der Waals surface area contributed by atoms with Crippen LogP contribution in [0.2, 0.25) is 0 Å². The number of nitrogens with one attached hydrogen (secondary N) is 1. The van der Waals surface area contributed by atoms with Gasteiger partial charge in [-0.15, -0.1) is 0 Å². The molecule has 1 atom stereocenters. The molecule has 3 rings (SSSR count). The average Bonchev–Trinajstić information content (AvgIpc) is 2.97. The number of benzene rings is 2. The predicted molar refractivity (Wildman–Crippen MR) is 100 cm³/mol. The minimum Gasteiger partial charge on any atom is -0.494 e. The number of aromatic nitrogens is 1. The van der Waals surface area contributed by atoms with Crippen molar-refractivity contribution in [1.82, 2.24) is 9.27 Å². The molecule has 0 bridgehead atoms. The molecule has 0 aliphatic heterocycles. The summed E-state index contributed by atoms with van der Waals surface area (Å²) in [6.07, 6.45) is 0. The lowest BCUT2D eigenvalue weighted by atomic mass is 10.2. The summed E-state index contributed by atoms with van der Waals surface area (Å²) in [4.78, 5) is 24.9. The second-order valence-corrected chi connectivity index (χ2v) is 6.70. The molecule has 130 valence electrons. The maximum atomic E-state index is 12.4. The van der Waals surface area contributed by atoms with E-state index in [-0.39, 0.29) is 11.5 Å². The number of ether oxygens (including phenoxy) is 1. The lowest BCUT2D eigenvalue weighted by molar-refractivity contribution is -0.123. The van der Waals surface area contributed by atoms with Crippen molar-refractivity contribution in [2.24, 2.45) is 0 Å². The Hall–Kier alpha value is -2.60. The van der Waals surface area contributed by atoms with Crippen molar-refractivity contribution in [1.29, 1.82) is 0 Å². The largest absolute Gasteiger partial charge is 0.494 e. The number of hydrogen-bond acceptors (Lipinski definition) is 4. The Bertz CT molecular complexity index is 928. The number of rotatable bonds is 6. The number of carbonyl (C=O) groups is 1. The van der Waals surface area contributed by atoms with Gasteiger partial charge in [-0.2, -0.15) is 0 Å². The maximum Gasteiger partial charge on any atom is 0.269 e. The first-order valence-electron chi connectivity index (χ1n) is 8.20. The molecule has 0 aliphatic carbocycles. The molecule has 0 radical (unpaired) electrons. The summed E-state index contributed by atoms with van der Waals surface area (Å²) in [5.41, 5.74) is 0.858. The molecule has 0 aliphatic rings. The predicted octanol–water partition coefficient (Wildman–Crippen LogP) is 3.34. The highest BCUT2D eigenvalue weighted by Crippen LogP contribution is 2.19. The van der Waals surface area contributed by atoms with E-state index in [0.29, 0.717) is 18.5 Å². The number of nitrogens with zero attached hydrogens (tertiary/aromatic N) is 1. The van der Waals surface area contributed by atoms with Crippen LogP contribution < -0.4 is 15.6 Å². The average molecular weight is 356 g/mol. The Balaban J connectivity index is 1.67. The Morgan fingerprint density at radius 2 is 1.92 bits per heavy atom. The van der Waals surface area contributed by atoms with E-state index in [9.17, 15) is 9.59 Å². The summed E-state index contributed by atoms with van der Waals surface area (Å²) in [5, 5.41) is 3.54. The molecular weight excluding hydrogens is 336 g/mol. The van der Waals surface area contributed by atoms with E-state index in [4.69, 9.17) is 4.74 Å². The van der Waals surface area contributed by atoms with E-state index >= 15 is 0 Å². The second-order valence-electron chi connectivity index (χ2n) is 5.69. The molecule has 0 saturated carbocycles. The first-order chi connectivity index (χ1) is 12.1. The van der Waals surface area contributed by atoms with Crippen LogP contribution in [0.5, 0.6) is 5.75 Å². The van der Waals surface area contributed by atoms with Crippen molar-refractivity contribution < 1.29 is 9.53 Å². The summed E-state index contributed by atoms with van der Waals surface area (Å²) < 4.78 is 7.81. The van der Waals surface area contributed by atoms with Crippen LogP contribution in [0, 0.1) is 0 Å². The Kier molecular flexibility index (Phi) is 5.19. The normalized spacial score (nSPS) is 12.1. The SMILES string of the molecule is CCOc1ccc(CNC(=O)C(C)n2sc3ccccc3c2=O)cc1. The summed E-state index contributed by atoms with van der Waals surface area (Å²) in [6.45, 7) is 4.71. The van der Waals surface area contributed by atoms with Gasteiger partial charge in [0.1, 0.15) is 11.8 Å². The fourth-order valence-corrected chi connectivity index (χ4v) is 3.60. The van der Waals surface area contributed by atoms with Crippen molar-refractivity contribution in [3.8, 4) is 5.75 Å². The zero-order valence-electron chi connectivity index (χ0n) is 14.2. The molecule has 6 heteroatoms. The van der Waals surface area contributed by atoms with Crippen LogP contribution in [0.25, 0.3) is 10.1 Å². The van der Waals surface area contributed by atoms with Gasteiger partial charge in [-0.3, -0.25) is 13.5 Å². The Morgan fingerprint density at radius 1 is 1.20 bits per heavy atom. The molecule has 2 aromatic carbocycles. The number of hydrogen-bond donors (Lipinski definition) is 1. The summed E-state index contributed by atoms with van der Waals surface area (Å²) >= 11 is 1.32. The zero-order chi connectivity index (χ0) is 17.8. The van der Waals surface area contributed by atoms with E-state index < -0.39 is 6.04 Å². The van der Waals surface area contributed by atoms with Crippen LogP contribution in [-0.2, 0) is 11.3 Å². The minimum absolute atomic E-state index is 0.121. The molecule has 25 heavy (non-hydrogen) atoms. The van der Waals surface area contributed by atoms with Gasteiger partial charge < -0.3 is 10.1 Å². The van der Waals surface area contributed by atoms with E-state index in [2.05, 4.69) is 5.32 Å². The molecule has 1 heterocycles. The van der Waals surface area contributed by atoms with Gasteiger partial charge in [0, 0.05) is 6.54 Å². The molecule has 0 saturated heterocycles. The minimum atomic E-state index is -0.549. The smallest absolute Gasteiger partial charge is 0.269 e. The van der Waals surface area contributed by atoms with Crippen molar-refractivity contribution in [2.45, 2.75) is 26.4 Å². The van der Waals surface area contributed by atoms with Gasteiger partial charge in [-0.1, -0.05) is 35.8 Å². The van der Waals surface area contributed by atoms with Crippen LogP contribution in [-0.4, -0.2) is 16.5 Å². The summed E-state index contributed by atoms with van der Waals surface area (Å²) in [7, 11) is 0. The van der Waals surface area contributed by atoms with Gasteiger partial charge in [0.15, 0.2) is 0 Å². The second kappa shape index (κ2) is 7.53. The van der Waals surface area contributed by atoms with E-state index in [0.717, 1.165) is 16.0 Å². The Labute approximate surface area is 150 Å². The maximum absolute atomic E-state index is 12.4. The topological polar surface area (TPSA) is 60.3 Å². The molecule has 0 fully saturated rings. The van der Waals surface area contributed by atoms with Crippen LogP contribution in [0.3, 0.4) is 0 Å². The molecule has 1 N–H and O–H groups in total. The molecule has 1 amide bonds. The highest BCUT2D eigenvalue weighted by Gasteiger charge is 2.19. The number of carbonyl (C=O) groups excluding carboxylic acids is 1. The highest BCUT2D eigenvalue weighted by atomic mass is 32.1. The summed E-state index contributed by atoms with van der Waals surface area (Å²) in [6, 6.07) is 14.4. The number of amides is 1. The first-order valence-corrected chi connectivity index (χ1v) is 8.97. The molecular formula is C19H20N2O3S. The van der Waals surface area contributed by atoms with Crippen LogP contribution in [0.4, 0.5) is 0 Å². The quantitative estimate of drug-likeness (QED) is 0.737. The van der Waals surface area contributed by atoms with Crippen molar-refractivity contribution in [3.05, 3.63) is 64.4 Å². The fourth-order valence-electron chi connectivity index (χ4n) is 2.56. The third kappa shape index (κ3) is 3.74. The van der Waals surface area contributed by atoms with Gasteiger partial charge in [0.05, 0.1) is 16.7 Å². The van der Waals surface area contributed by atoms with Crippen molar-refractivity contribution in [3.63, 3.8) is 0 Å². The van der Waals surface area contributed by atoms with Crippen LogP contribution in [0.1, 0.15) is 25.5 Å². The molecule has 3 aromatic rings. The van der Waals surface area contributed by atoms with Crippen LogP contribution >= 0.6 is 11.5 Å². The van der Waals surface area contributed by atoms with Gasteiger partial charge in [0.25, 0.3) is 5.56 Å². The lowest BCUT2D eigenvalue weighted by Gasteiger charge is -2.12. The van der Waals surface area contributed by atoms with E-state index in [1.807, 2.05) is 49.4 Å². The van der Waals surface area contributed by atoms with Gasteiger partial charge in [-0.25, -0.2) is 0 Å². The zero-order valence-corrected chi connectivity index (χ0v) is 15.0. The molecule has 1 aromatic heterocycles. The molecule has 5 nitrogen and oxygen atoms in total. The summed E-state index contributed by atoms with van der Waals surface area (Å²) in [5.74, 6) is 0.630. The first kappa shape index (κ1) is 17.2. The van der Waals surface area contributed by atoms with E-state index in [1.165, 1.54) is 15.5 Å². The van der Waals surface area contributed by atoms with Crippen molar-refractivity contribution in [2.75, 3.05) is 6.61 Å². The fraction of sp³-hybridized carbons (Fsp3) is 0.263. The van der Waals surface area contributed by atoms with Crippen LogP contribution in [0.15, 0.2) is 53.3 Å². The van der Waals surface area contributed by atoms with Crippen molar-refractivity contribution >= 4 is 27.5 Å². The Morgan fingerprint density at radius 3 is 2.60 bits per heavy atom. The third-order valence-corrected chi connectivity index (χ3v) is 5.18. The highest BCUT2D eigenvalue weighted by molar-refractivity contribution is 7.14. The van der Waals surface area contributed by atoms with Gasteiger partial charge >= 0.3 is 0 Å². The monoisotopic (exact) mass is 356 g/mol. The molecule has 0 spiro atoms. The van der Waals surface area contributed by atoms with Gasteiger partial charge in [0.2, 0.25) is 5.91 Å². The number of fused-ring (bicyclic) bond motifs is 1. The van der Waals surface area contributed by atoms with E-state index in [1.54, 1.807) is 13.0 Å². The lowest BCUT2D eigenvalue weighted by Crippen LogP contribution is -2.33. The standard InChI is InChI=1S/C19H20N2O3S/c1-3-24-15-10-8-14(9-11-15)12-20-18(22)13(2)21-19(23)16-6-4-5-7-17(16)25-21/h4-11,13H,3,12H2,1-2H3,(H,20,22). The molecule has 1 unspecified atom stereocenters.